The van der Waals surface area contributed by atoms with E-state index < -0.39 is 0 Å². The van der Waals surface area contributed by atoms with Crippen molar-refractivity contribution >= 4 is 51.3 Å². The molecule has 0 spiro atoms. The molecule has 0 unspecified atom stereocenters. The molecular weight excluding hydrogens is 340 g/mol. The van der Waals surface area contributed by atoms with Crippen LogP contribution in [0.4, 0.5) is 5.69 Å². The van der Waals surface area contributed by atoms with Gasteiger partial charge in [0, 0.05) is 16.3 Å². The van der Waals surface area contributed by atoms with Crippen LogP contribution in [0.1, 0.15) is 15.9 Å². The minimum absolute atomic E-state index is 0.235. The predicted octanol–water partition coefficient (Wildman–Crippen LogP) is 4.93. The lowest BCUT2D eigenvalue weighted by molar-refractivity contribution is 0.0979. The van der Waals surface area contributed by atoms with E-state index in [0.29, 0.717) is 10.6 Å². The quantitative estimate of drug-likeness (QED) is 0.641. The van der Waals surface area contributed by atoms with Crippen molar-refractivity contribution in [3.8, 4) is 0 Å². The molecule has 0 bridgehead atoms. The first-order valence-corrected chi connectivity index (χ1v) is 8.20. The van der Waals surface area contributed by atoms with Crippen molar-refractivity contribution in [1.82, 2.24) is 5.32 Å². The van der Waals surface area contributed by atoms with Crippen LogP contribution in [-0.2, 0) is 0 Å². The highest BCUT2D eigenvalue weighted by atomic mass is 35.5. The molecule has 1 amide bonds. The third-order valence-electron chi connectivity index (χ3n) is 3.78. The largest absolute Gasteiger partial charge is 0.332 e. The Morgan fingerprint density at radius 2 is 1.71 bits per heavy atom. The van der Waals surface area contributed by atoms with E-state index in [2.05, 4.69) is 10.6 Å². The second-order valence-electron chi connectivity index (χ2n) is 5.35. The number of halogens is 1. The van der Waals surface area contributed by atoms with Gasteiger partial charge in [0.2, 0.25) is 0 Å². The number of nitrogens with one attached hydrogen (secondary N) is 2. The first-order chi connectivity index (χ1) is 11.6. The van der Waals surface area contributed by atoms with Crippen molar-refractivity contribution in [1.29, 1.82) is 0 Å². The van der Waals surface area contributed by atoms with Crippen molar-refractivity contribution < 1.29 is 4.79 Å². The number of hydrogen-bond donors (Lipinski definition) is 2. The summed E-state index contributed by atoms with van der Waals surface area (Å²) < 4.78 is 0. The standard InChI is InChI=1S/C19H15ClN2OS/c1-12-16(20)10-5-11-17(12)21-19(24)22-18(23)15-9-4-7-13-6-2-3-8-14(13)15/h2-11H,1H3,(H2,21,22,23,24). The number of amides is 1. The molecule has 24 heavy (non-hydrogen) atoms. The van der Waals surface area contributed by atoms with Crippen molar-refractivity contribution in [3.63, 3.8) is 0 Å². The van der Waals surface area contributed by atoms with Gasteiger partial charge in [-0.15, -0.1) is 0 Å². The lowest BCUT2D eigenvalue weighted by atomic mass is 10.0. The highest BCUT2D eigenvalue weighted by molar-refractivity contribution is 7.80. The lowest BCUT2D eigenvalue weighted by Gasteiger charge is -2.13. The van der Waals surface area contributed by atoms with Crippen LogP contribution in [0.2, 0.25) is 5.02 Å². The van der Waals surface area contributed by atoms with Gasteiger partial charge >= 0.3 is 0 Å². The molecule has 0 aliphatic rings. The van der Waals surface area contributed by atoms with Crippen molar-refractivity contribution in [2.24, 2.45) is 0 Å². The van der Waals surface area contributed by atoms with E-state index in [4.69, 9.17) is 23.8 Å². The Bertz CT molecular complexity index is 934. The minimum Gasteiger partial charge on any atom is -0.332 e. The van der Waals surface area contributed by atoms with Crippen LogP contribution in [0.5, 0.6) is 0 Å². The molecule has 0 atom stereocenters. The Morgan fingerprint density at radius 1 is 1.00 bits per heavy atom. The minimum atomic E-state index is -0.246. The molecule has 3 rings (SSSR count). The second-order valence-corrected chi connectivity index (χ2v) is 6.16. The van der Waals surface area contributed by atoms with Gasteiger partial charge in [0.05, 0.1) is 0 Å². The van der Waals surface area contributed by atoms with Crippen LogP contribution >= 0.6 is 23.8 Å². The number of rotatable bonds is 2. The zero-order valence-corrected chi connectivity index (χ0v) is 14.5. The van der Waals surface area contributed by atoms with Crippen LogP contribution in [0.25, 0.3) is 10.8 Å². The molecule has 0 saturated heterocycles. The van der Waals surface area contributed by atoms with E-state index >= 15 is 0 Å². The van der Waals surface area contributed by atoms with E-state index in [1.165, 1.54) is 0 Å². The molecule has 3 aromatic carbocycles. The van der Waals surface area contributed by atoms with Crippen molar-refractivity contribution in [2.45, 2.75) is 6.92 Å². The summed E-state index contributed by atoms with van der Waals surface area (Å²) in [4.78, 5) is 12.5. The second kappa shape index (κ2) is 6.99. The number of thiocarbonyl (C=S) groups is 1. The Hall–Kier alpha value is -2.43. The van der Waals surface area contributed by atoms with Crippen LogP contribution in [0, 0.1) is 6.92 Å². The summed E-state index contributed by atoms with van der Waals surface area (Å²) in [6.45, 7) is 1.89. The van der Waals surface area contributed by atoms with Crippen LogP contribution < -0.4 is 10.6 Å². The van der Waals surface area contributed by atoms with E-state index in [9.17, 15) is 4.79 Å². The molecule has 0 heterocycles. The Labute approximate surface area is 150 Å². The maximum atomic E-state index is 12.5. The van der Waals surface area contributed by atoms with Gasteiger partial charge in [0.1, 0.15) is 0 Å². The van der Waals surface area contributed by atoms with Crippen molar-refractivity contribution in [2.75, 3.05) is 5.32 Å². The fourth-order valence-electron chi connectivity index (χ4n) is 2.49. The number of benzene rings is 3. The van der Waals surface area contributed by atoms with Gasteiger partial charge in [-0.05, 0) is 53.7 Å². The summed E-state index contributed by atoms with van der Waals surface area (Å²) in [5, 5.41) is 8.51. The van der Waals surface area contributed by atoms with Gasteiger partial charge in [-0.1, -0.05) is 54.1 Å². The van der Waals surface area contributed by atoms with Crippen LogP contribution in [0.15, 0.2) is 60.7 Å². The number of carbonyl (C=O) groups excluding carboxylic acids is 1. The zero-order chi connectivity index (χ0) is 17.1. The van der Waals surface area contributed by atoms with E-state index in [1.807, 2.05) is 55.5 Å². The number of fused-ring (bicyclic) bond motifs is 1. The fraction of sp³-hybridized carbons (Fsp3) is 0.0526. The maximum absolute atomic E-state index is 12.5. The molecule has 0 aliphatic heterocycles. The topological polar surface area (TPSA) is 41.1 Å². The maximum Gasteiger partial charge on any atom is 0.258 e. The Morgan fingerprint density at radius 3 is 2.54 bits per heavy atom. The Kier molecular flexibility index (Phi) is 4.79. The molecule has 0 saturated carbocycles. The molecule has 3 aromatic rings. The van der Waals surface area contributed by atoms with Gasteiger partial charge in [-0.2, -0.15) is 0 Å². The third kappa shape index (κ3) is 3.40. The monoisotopic (exact) mass is 354 g/mol. The summed E-state index contributed by atoms with van der Waals surface area (Å²) in [6.07, 6.45) is 0. The molecule has 5 heteroatoms. The van der Waals surface area contributed by atoms with Gasteiger partial charge in [0.25, 0.3) is 5.91 Å². The van der Waals surface area contributed by atoms with E-state index in [1.54, 1.807) is 12.1 Å². The number of hydrogen-bond acceptors (Lipinski definition) is 2. The Balaban J connectivity index is 1.79. The van der Waals surface area contributed by atoms with E-state index in [-0.39, 0.29) is 11.0 Å². The first-order valence-electron chi connectivity index (χ1n) is 7.41. The smallest absolute Gasteiger partial charge is 0.258 e. The summed E-state index contributed by atoms with van der Waals surface area (Å²) in [7, 11) is 0. The van der Waals surface area contributed by atoms with Gasteiger partial charge in [-0.25, -0.2) is 0 Å². The van der Waals surface area contributed by atoms with Gasteiger partial charge < -0.3 is 5.32 Å². The predicted molar refractivity (Wildman–Crippen MR) is 104 cm³/mol. The van der Waals surface area contributed by atoms with Crippen LogP contribution in [0.3, 0.4) is 0 Å². The number of anilines is 1. The average molecular weight is 355 g/mol. The molecule has 2 N–H and O–H groups in total. The summed E-state index contributed by atoms with van der Waals surface area (Å²) >= 11 is 11.3. The molecule has 120 valence electrons. The molecule has 0 aliphatic carbocycles. The highest BCUT2D eigenvalue weighted by Crippen LogP contribution is 2.23. The van der Waals surface area contributed by atoms with Crippen molar-refractivity contribution in [3.05, 3.63) is 76.8 Å². The normalized spacial score (nSPS) is 10.4. The molecule has 0 radical (unpaired) electrons. The average Bonchev–Trinajstić information content (AvgIpc) is 2.58. The van der Waals surface area contributed by atoms with E-state index in [0.717, 1.165) is 22.0 Å². The molecule has 0 fully saturated rings. The van der Waals surface area contributed by atoms with Gasteiger partial charge in [0.15, 0.2) is 5.11 Å². The van der Waals surface area contributed by atoms with Gasteiger partial charge in [-0.3, -0.25) is 10.1 Å². The van der Waals surface area contributed by atoms with Crippen LogP contribution in [-0.4, -0.2) is 11.0 Å². The SMILES string of the molecule is Cc1c(Cl)cccc1NC(=S)NC(=O)c1cccc2ccccc12. The summed E-state index contributed by atoms with van der Waals surface area (Å²) in [5.41, 5.74) is 2.23. The lowest BCUT2D eigenvalue weighted by Crippen LogP contribution is -2.34. The summed E-state index contributed by atoms with van der Waals surface area (Å²) in [6, 6.07) is 18.8. The summed E-state index contributed by atoms with van der Waals surface area (Å²) in [5.74, 6) is -0.246. The highest BCUT2D eigenvalue weighted by Gasteiger charge is 2.12. The third-order valence-corrected chi connectivity index (χ3v) is 4.39. The molecule has 0 aromatic heterocycles. The molecular formula is C19H15ClN2OS. The molecule has 3 nitrogen and oxygen atoms in total. The first kappa shape index (κ1) is 16.4. The fourth-order valence-corrected chi connectivity index (χ4v) is 2.87. The number of carbonyl (C=O) groups is 1. The zero-order valence-electron chi connectivity index (χ0n) is 13.0.